The van der Waals surface area contributed by atoms with Gasteiger partial charge in [-0.3, -0.25) is 4.79 Å². The number of amides is 1. The maximum absolute atomic E-state index is 11.2. The van der Waals surface area contributed by atoms with Gasteiger partial charge in [-0.1, -0.05) is 0 Å². The van der Waals surface area contributed by atoms with Gasteiger partial charge < -0.3 is 10.2 Å². The Morgan fingerprint density at radius 3 is 2.58 bits per heavy atom. The lowest BCUT2D eigenvalue weighted by molar-refractivity contribution is -0.149. The summed E-state index contributed by atoms with van der Waals surface area (Å²) in [5, 5.41) is 3.31. The Kier molecular flexibility index (Phi) is 2.05. The molecule has 3 nitrogen and oxygen atoms in total. The second kappa shape index (κ2) is 3.05. The third-order valence-corrected chi connectivity index (χ3v) is 2.93. The number of likely N-dealkylation sites (tertiary alicyclic amines) is 1. The first-order valence-corrected chi connectivity index (χ1v) is 4.81. The number of nitrogens with one attached hydrogen (secondary N) is 1. The lowest BCUT2D eigenvalue weighted by Gasteiger charge is -2.45. The van der Waals surface area contributed by atoms with Crippen LogP contribution in [0.15, 0.2) is 0 Å². The number of hydrogen-bond acceptors (Lipinski definition) is 2. The van der Waals surface area contributed by atoms with Gasteiger partial charge in [-0.25, -0.2) is 0 Å². The predicted molar refractivity (Wildman–Crippen MR) is 46.8 cm³/mol. The van der Waals surface area contributed by atoms with E-state index in [0.717, 1.165) is 32.4 Å². The average Bonchev–Trinajstić information content (AvgIpc) is 2.05. The summed E-state index contributed by atoms with van der Waals surface area (Å²) in [6, 6.07) is 1.03. The lowest BCUT2D eigenvalue weighted by Crippen LogP contribution is -2.58. The maximum Gasteiger partial charge on any atom is 0.225 e. The summed E-state index contributed by atoms with van der Waals surface area (Å²) < 4.78 is 0. The van der Waals surface area contributed by atoms with Crippen molar-refractivity contribution in [2.75, 3.05) is 13.1 Å². The summed E-state index contributed by atoms with van der Waals surface area (Å²) in [5.74, 6) is 0.356. The zero-order valence-corrected chi connectivity index (χ0v) is 7.55. The predicted octanol–water partition coefficient (Wildman–Crippen LogP) is 0.359. The topological polar surface area (TPSA) is 32.3 Å². The Morgan fingerprint density at radius 1 is 1.42 bits per heavy atom. The van der Waals surface area contributed by atoms with Crippen LogP contribution in [0.1, 0.15) is 26.2 Å². The minimum atomic E-state index is 0.356. The van der Waals surface area contributed by atoms with Crippen molar-refractivity contribution < 1.29 is 4.79 Å². The van der Waals surface area contributed by atoms with Gasteiger partial charge in [0, 0.05) is 18.5 Å². The number of nitrogens with zero attached hydrogens (tertiary/aromatic N) is 1. The minimum Gasteiger partial charge on any atom is -0.336 e. The molecule has 0 aromatic heterocycles. The van der Waals surface area contributed by atoms with Crippen LogP contribution >= 0.6 is 0 Å². The Hall–Kier alpha value is -0.570. The van der Waals surface area contributed by atoms with E-state index in [9.17, 15) is 4.79 Å². The average molecular weight is 168 g/mol. The Bertz CT molecular complexity index is 187. The standard InChI is InChI=1S/C9H16N2O/c1-7-6-9(12)11(7)8-2-4-10-5-3-8/h7-8,10H,2-6H2,1H3. The first-order chi connectivity index (χ1) is 5.79. The van der Waals surface area contributed by atoms with E-state index in [0.29, 0.717) is 18.0 Å². The van der Waals surface area contributed by atoms with Crippen LogP contribution in [-0.2, 0) is 4.79 Å². The Labute approximate surface area is 73.1 Å². The number of rotatable bonds is 1. The first kappa shape index (κ1) is 8.05. The fourth-order valence-electron chi connectivity index (χ4n) is 2.24. The van der Waals surface area contributed by atoms with Crippen molar-refractivity contribution in [1.29, 1.82) is 0 Å². The van der Waals surface area contributed by atoms with E-state index in [4.69, 9.17) is 0 Å². The van der Waals surface area contributed by atoms with Gasteiger partial charge in [0.15, 0.2) is 0 Å². The van der Waals surface area contributed by atoms with Crippen LogP contribution in [-0.4, -0.2) is 36.0 Å². The molecule has 1 N–H and O–H groups in total. The molecule has 0 aromatic carbocycles. The largest absolute Gasteiger partial charge is 0.336 e. The van der Waals surface area contributed by atoms with Gasteiger partial charge in [-0.2, -0.15) is 0 Å². The first-order valence-electron chi connectivity index (χ1n) is 4.81. The fourth-order valence-corrected chi connectivity index (χ4v) is 2.24. The van der Waals surface area contributed by atoms with E-state index in [1.165, 1.54) is 0 Å². The van der Waals surface area contributed by atoms with Crippen LogP contribution in [0.25, 0.3) is 0 Å². The van der Waals surface area contributed by atoms with E-state index in [1.807, 2.05) is 0 Å². The molecule has 68 valence electrons. The van der Waals surface area contributed by atoms with E-state index in [-0.39, 0.29) is 0 Å². The second-order valence-corrected chi connectivity index (χ2v) is 3.84. The van der Waals surface area contributed by atoms with Crippen LogP contribution in [0.3, 0.4) is 0 Å². The quantitative estimate of drug-likeness (QED) is 0.573. The molecule has 3 heteroatoms. The van der Waals surface area contributed by atoms with Crippen molar-refractivity contribution in [2.24, 2.45) is 0 Å². The van der Waals surface area contributed by atoms with Crippen LogP contribution in [0.4, 0.5) is 0 Å². The summed E-state index contributed by atoms with van der Waals surface area (Å²) in [4.78, 5) is 13.3. The van der Waals surface area contributed by atoms with Crippen LogP contribution in [0.5, 0.6) is 0 Å². The molecule has 2 aliphatic rings. The number of hydrogen-bond donors (Lipinski definition) is 1. The van der Waals surface area contributed by atoms with Crippen LogP contribution < -0.4 is 5.32 Å². The lowest BCUT2D eigenvalue weighted by atomic mass is 9.95. The van der Waals surface area contributed by atoms with Crippen LogP contribution in [0.2, 0.25) is 0 Å². The third kappa shape index (κ3) is 1.22. The Balaban J connectivity index is 1.93. The van der Waals surface area contributed by atoms with Gasteiger partial charge in [0.05, 0.1) is 0 Å². The monoisotopic (exact) mass is 168 g/mol. The molecule has 2 heterocycles. The number of β-lactam (4-membered cyclic amide) rings is 1. The fraction of sp³-hybridized carbons (Fsp3) is 0.889. The van der Waals surface area contributed by atoms with Crippen molar-refractivity contribution in [3.8, 4) is 0 Å². The van der Waals surface area contributed by atoms with Crippen LogP contribution in [0, 0.1) is 0 Å². The normalized spacial score (nSPS) is 31.9. The van der Waals surface area contributed by atoms with Gasteiger partial charge in [-0.15, -0.1) is 0 Å². The van der Waals surface area contributed by atoms with E-state index >= 15 is 0 Å². The van der Waals surface area contributed by atoms with E-state index in [2.05, 4.69) is 17.1 Å². The van der Waals surface area contributed by atoms with Crippen molar-refractivity contribution in [3.05, 3.63) is 0 Å². The third-order valence-electron chi connectivity index (χ3n) is 2.93. The molecular formula is C9H16N2O. The summed E-state index contributed by atoms with van der Waals surface area (Å²) in [5.41, 5.74) is 0. The molecule has 2 rings (SSSR count). The molecule has 0 spiro atoms. The molecule has 12 heavy (non-hydrogen) atoms. The molecule has 2 aliphatic heterocycles. The van der Waals surface area contributed by atoms with Crippen molar-refractivity contribution in [3.63, 3.8) is 0 Å². The summed E-state index contributed by atoms with van der Waals surface area (Å²) in [6.45, 7) is 4.28. The van der Waals surface area contributed by atoms with Gasteiger partial charge >= 0.3 is 0 Å². The molecule has 0 aromatic rings. The molecule has 0 bridgehead atoms. The zero-order chi connectivity index (χ0) is 8.55. The SMILES string of the molecule is CC1CC(=O)N1C1CCNCC1. The van der Waals surface area contributed by atoms with Gasteiger partial charge in [-0.05, 0) is 32.9 Å². The smallest absolute Gasteiger partial charge is 0.225 e. The van der Waals surface area contributed by atoms with Gasteiger partial charge in [0.1, 0.15) is 0 Å². The maximum atomic E-state index is 11.2. The number of piperidine rings is 1. The zero-order valence-electron chi connectivity index (χ0n) is 7.55. The second-order valence-electron chi connectivity index (χ2n) is 3.84. The van der Waals surface area contributed by atoms with Crippen molar-refractivity contribution in [1.82, 2.24) is 10.2 Å². The summed E-state index contributed by atoms with van der Waals surface area (Å²) in [7, 11) is 0. The highest BCUT2D eigenvalue weighted by atomic mass is 16.2. The molecule has 0 aliphatic carbocycles. The molecule has 0 saturated carbocycles. The van der Waals surface area contributed by atoms with Gasteiger partial charge in [0.25, 0.3) is 0 Å². The molecule has 1 amide bonds. The highest BCUT2D eigenvalue weighted by molar-refractivity contribution is 5.83. The van der Waals surface area contributed by atoms with Gasteiger partial charge in [0.2, 0.25) is 5.91 Å². The van der Waals surface area contributed by atoms with E-state index in [1.54, 1.807) is 0 Å². The molecule has 2 fully saturated rings. The molecular weight excluding hydrogens is 152 g/mol. The van der Waals surface area contributed by atoms with Crippen molar-refractivity contribution >= 4 is 5.91 Å². The molecule has 1 atom stereocenters. The summed E-state index contributed by atoms with van der Waals surface area (Å²) in [6.07, 6.45) is 3.04. The van der Waals surface area contributed by atoms with E-state index < -0.39 is 0 Å². The highest BCUT2D eigenvalue weighted by Crippen LogP contribution is 2.25. The molecule has 0 radical (unpaired) electrons. The number of carbonyl (C=O) groups excluding carboxylic acids is 1. The highest BCUT2D eigenvalue weighted by Gasteiger charge is 2.37. The number of carbonyl (C=O) groups is 1. The van der Waals surface area contributed by atoms with Crippen molar-refractivity contribution in [2.45, 2.75) is 38.3 Å². The molecule has 2 saturated heterocycles. The minimum absolute atomic E-state index is 0.356. The Morgan fingerprint density at radius 2 is 2.08 bits per heavy atom. The summed E-state index contributed by atoms with van der Waals surface area (Å²) >= 11 is 0. The molecule has 1 unspecified atom stereocenters.